The van der Waals surface area contributed by atoms with Gasteiger partial charge in [0.1, 0.15) is 0 Å². The van der Waals surface area contributed by atoms with Crippen molar-refractivity contribution in [3.05, 3.63) is 35.9 Å². The molecule has 0 bridgehead atoms. The number of nitrogens with zero attached hydrogens (tertiary/aromatic N) is 2. The van der Waals surface area contributed by atoms with Crippen LogP contribution in [0.25, 0.3) is 0 Å². The first-order valence-electron chi connectivity index (χ1n) is 8.13. The lowest BCUT2D eigenvalue weighted by atomic mass is 10.0. The van der Waals surface area contributed by atoms with E-state index in [1.165, 1.54) is 51.0 Å². The summed E-state index contributed by atoms with van der Waals surface area (Å²) < 4.78 is 0. The van der Waals surface area contributed by atoms with E-state index in [4.69, 9.17) is 0 Å². The molecule has 1 aromatic rings. The summed E-state index contributed by atoms with van der Waals surface area (Å²) in [5.74, 6) is 0. The van der Waals surface area contributed by atoms with E-state index < -0.39 is 0 Å². The van der Waals surface area contributed by atoms with Gasteiger partial charge in [-0.15, -0.1) is 0 Å². The average molecular weight is 273 g/mol. The van der Waals surface area contributed by atoms with Crippen molar-refractivity contribution in [2.24, 2.45) is 0 Å². The molecule has 0 radical (unpaired) electrons. The van der Waals surface area contributed by atoms with E-state index in [0.29, 0.717) is 0 Å². The molecule has 1 N–H and O–H groups in total. The maximum Gasteiger partial charge on any atom is 0.0237 e. The highest BCUT2D eigenvalue weighted by Crippen LogP contribution is 2.20. The Kier molecular flexibility index (Phi) is 5.06. The Labute approximate surface area is 123 Å². The third kappa shape index (κ3) is 3.81. The molecule has 0 aromatic heterocycles. The molecule has 2 aliphatic heterocycles. The van der Waals surface area contributed by atoms with Crippen molar-refractivity contribution in [3.63, 3.8) is 0 Å². The van der Waals surface area contributed by atoms with Gasteiger partial charge >= 0.3 is 0 Å². The molecule has 2 heterocycles. The second-order valence-corrected chi connectivity index (χ2v) is 6.16. The van der Waals surface area contributed by atoms with Gasteiger partial charge in [-0.05, 0) is 24.9 Å². The molecule has 0 amide bonds. The molecule has 110 valence electrons. The fourth-order valence-electron chi connectivity index (χ4n) is 3.48. The molecule has 2 fully saturated rings. The van der Waals surface area contributed by atoms with Crippen molar-refractivity contribution in [2.75, 3.05) is 39.3 Å². The molecule has 0 saturated carbocycles. The number of likely N-dealkylation sites (tertiary alicyclic amines) is 1. The molecule has 3 heteroatoms. The van der Waals surface area contributed by atoms with Crippen LogP contribution in [-0.2, 0) is 6.54 Å². The lowest BCUT2D eigenvalue weighted by Gasteiger charge is -2.40. The Morgan fingerprint density at radius 1 is 1.00 bits per heavy atom. The van der Waals surface area contributed by atoms with Crippen LogP contribution in [-0.4, -0.2) is 55.1 Å². The predicted octanol–water partition coefficient (Wildman–Crippen LogP) is 1.95. The normalized spacial score (nSPS) is 25.7. The topological polar surface area (TPSA) is 18.5 Å². The summed E-state index contributed by atoms with van der Waals surface area (Å²) in [6.45, 7) is 8.40. The monoisotopic (exact) mass is 273 g/mol. The van der Waals surface area contributed by atoms with Gasteiger partial charge in [-0.3, -0.25) is 9.80 Å². The number of rotatable bonds is 4. The van der Waals surface area contributed by atoms with Crippen molar-refractivity contribution in [1.82, 2.24) is 15.1 Å². The summed E-state index contributed by atoms with van der Waals surface area (Å²) >= 11 is 0. The first kappa shape index (κ1) is 14.1. The fourth-order valence-corrected chi connectivity index (χ4v) is 3.48. The van der Waals surface area contributed by atoms with E-state index in [-0.39, 0.29) is 0 Å². The van der Waals surface area contributed by atoms with Crippen LogP contribution in [0.5, 0.6) is 0 Å². The standard InChI is InChI=1S/C17H27N3/c1-2-6-16(7-3-1)14-20-11-5-4-8-17(20)15-19-12-9-18-10-13-19/h1-3,6-7,17-18H,4-5,8-15H2. The Morgan fingerprint density at radius 3 is 2.60 bits per heavy atom. The molecule has 2 saturated heterocycles. The Balaban J connectivity index is 1.58. The number of hydrogen-bond acceptors (Lipinski definition) is 3. The van der Waals surface area contributed by atoms with E-state index in [9.17, 15) is 0 Å². The largest absolute Gasteiger partial charge is 0.314 e. The van der Waals surface area contributed by atoms with Gasteiger partial charge in [0.25, 0.3) is 0 Å². The van der Waals surface area contributed by atoms with Gasteiger partial charge in [-0.1, -0.05) is 36.8 Å². The van der Waals surface area contributed by atoms with Crippen molar-refractivity contribution in [1.29, 1.82) is 0 Å². The third-order valence-electron chi connectivity index (χ3n) is 4.66. The summed E-state index contributed by atoms with van der Waals surface area (Å²) in [4.78, 5) is 5.35. The van der Waals surface area contributed by atoms with Crippen LogP contribution in [0.2, 0.25) is 0 Å². The number of benzene rings is 1. The van der Waals surface area contributed by atoms with Crippen LogP contribution >= 0.6 is 0 Å². The molecule has 20 heavy (non-hydrogen) atoms. The summed E-state index contributed by atoms with van der Waals surface area (Å²) in [6, 6.07) is 11.7. The molecule has 0 spiro atoms. The van der Waals surface area contributed by atoms with E-state index in [1.54, 1.807) is 0 Å². The van der Waals surface area contributed by atoms with Gasteiger partial charge < -0.3 is 5.32 Å². The Hall–Kier alpha value is -0.900. The SMILES string of the molecule is c1ccc(CN2CCCCC2CN2CCNCC2)cc1. The van der Waals surface area contributed by atoms with Crippen molar-refractivity contribution < 1.29 is 0 Å². The van der Waals surface area contributed by atoms with Crippen molar-refractivity contribution >= 4 is 0 Å². The lowest BCUT2D eigenvalue weighted by Crippen LogP contribution is -2.51. The number of hydrogen-bond donors (Lipinski definition) is 1. The molecule has 1 unspecified atom stereocenters. The van der Waals surface area contributed by atoms with Gasteiger partial charge in [-0.25, -0.2) is 0 Å². The lowest BCUT2D eigenvalue weighted by molar-refractivity contribution is 0.0925. The van der Waals surface area contributed by atoms with Crippen molar-refractivity contribution in [3.8, 4) is 0 Å². The number of piperazine rings is 1. The minimum atomic E-state index is 0.752. The minimum absolute atomic E-state index is 0.752. The molecule has 1 aromatic carbocycles. The van der Waals surface area contributed by atoms with Gasteiger partial charge in [0.15, 0.2) is 0 Å². The van der Waals surface area contributed by atoms with Crippen LogP contribution in [0.4, 0.5) is 0 Å². The molecular formula is C17H27N3. The summed E-state index contributed by atoms with van der Waals surface area (Å²) in [5.41, 5.74) is 1.46. The fraction of sp³-hybridized carbons (Fsp3) is 0.647. The average Bonchev–Trinajstić information content (AvgIpc) is 2.51. The van der Waals surface area contributed by atoms with Gasteiger partial charge in [0.2, 0.25) is 0 Å². The van der Waals surface area contributed by atoms with Crippen LogP contribution in [0, 0.1) is 0 Å². The van der Waals surface area contributed by atoms with Crippen LogP contribution in [0.15, 0.2) is 30.3 Å². The van der Waals surface area contributed by atoms with Crippen molar-refractivity contribution in [2.45, 2.75) is 31.8 Å². The smallest absolute Gasteiger partial charge is 0.0237 e. The van der Waals surface area contributed by atoms with Crippen LogP contribution in [0.3, 0.4) is 0 Å². The van der Waals surface area contributed by atoms with Gasteiger partial charge in [0, 0.05) is 45.3 Å². The Bertz CT molecular complexity index is 386. The zero-order valence-corrected chi connectivity index (χ0v) is 12.4. The van der Waals surface area contributed by atoms with Gasteiger partial charge in [-0.2, -0.15) is 0 Å². The first-order valence-corrected chi connectivity index (χ1v) is 8.13. The van der Waals surface area contributed by atoms with E-state index >= 15 is 0 Å². The second-order valence-electron chi connectivity index (χ2n) is 6.16. The van der Waals surface area contributed by atoms with E-state index in [0.717, 1.165) is 25.7 Å². The third-order valence-corrected chi connectivity index (χ3v) is 4.66. The first-order chi connectivity index (χ1) is 9.92. The highest BCUT2D eigenvalue weighted by molar-refractivity contribution is 5.14. The molecular weight excluding hydrogens is 246 g/mol. The van der Waals surface area contributed by atoms with E-state index in [1.807, 2.05) is 0 Å². The van der Waals surface area contributed by atoms with Gasteiger partial charge in [0.05, 0.1) is 0 Å². The maximum atomic E-state index is 3.45. The number of nitrogens with one attached hydrogen (secondary N) is 1. The van der Waals surface area contributed by atoms with Crippen LogP contribution in [0.1, 0.15) is 24.8 Å². The molecule has 2 aliphatic rings. The predicted molar refractivity (Wildman–Crippen MR) is 83.8 cm³/mol. The molecule has 1 atom stereocenters. The summed E-state index contributed by atoms with van der Waals surface area (Å²) in [7, 11) is 0. The second kappa shape index (κ2) is 7.21. The zero-order valence-electron chi connectivity index (χ0n) is 12.4. The highest BCUT2D eigenvalue weighted by atomic mass is 15.2. The van der Waals surface area contributed by atoms with Crippen LogP contribution < -0.4 is 5.32 Å². The summed E-state index contributed by atoms with van der Waals surface area (Å²) in [6.07, 6.45) is 4.14. The number of piperidine rings is 1. The highest BCUT2D eigenvalue weighted by Gasteiger charge is 2.25. The maximum absolute atomic E-state index is 3.45. The zero-order chi connectivity index (χ0) is 13.6. The molecule has 3 rings (SSSR count). The van der Waals surface area contributed by atoms with E-state index in [2.05, 4.69) is 45.4 Å². The summed E-state index contributed by atoms with van der Waals surface area (Å²) in [5, 5.41) is 3.45. The quantitative estimate of drug-likeness (QED) is 0.904. The molecule has 3 nitrogen and oxygen atoms in total. The molecule has 0 aliphatic carbocycles. The Morgan fingerprint density at radius 2 is 1.80 bits per heavy atom. The minimum Gasteiger partial charge on any atom is -0.314 e.